The van der Waals surface area contributed by atoms with Crippen LogP contribution in [-0.2, 0) is 4.74 Å². The summed E-state index contributed by atoms with van der Waals surface area (Å²) < 4.78 is 19.3. The van der Waals surface area contributed by atoms with E-state index in [0.29, 0.717) is 5.56 Å². The number of rotatable bonds is 5. The van der Waals surface area contributed by atoms with Crippen molar-refractivity contribution in [2.75, 3.05) is 14.2 Å². The Labute approximate surface area is 96.8 Å². The third kappa shape index (κ3) is 2.42. The summed E-state index contributed by atoms with van der Waals surface area (Å²) in [7, 11) is 3.48. The minimum atomic E-state index is -0.406. The van der Waals surface area contributed by atoms with Crippen molar-refractivity contribution >= 4 is 0 Å². The van der Waals surface area contributed by atoms with Crippen molar-refractivity contribution in [3.05, 3.63) is 35.6 Å². The molecule has 3 heteroatoms. The van der Waals surface area contributed by atoms with Gasteiger partial charge >= 0.3 is 0 Å². The van der Waals surface area contributed by atoms with Crippen LogP contribution in [0.1, 0.15) is 31.9 Å². The van der Waals surface area contributed by atoms with Gasteiger partial charge in [0.2, 0.25) is 0 Å². The quantitative estimate of drug-likeness (QED) is 0.832. The minimum Gasteiger partial charge on any atom is -0.377 e. The van der Waals surface area contributed by atoms with Crippen LogP contribution in [0.2, 0.25) is 0 Å². The van der Waals surface area contributed by atoms with Crippen LogP contribution in [-0.4, -0.2) is 19.8 Å². The molecule has 0 radical (unpaired) electrons. The van der Waals surface area contributed by atoms with Gasteiger partial charge in [-0.05, 0) is 26.5 Å². The Morgan fingerprint density at radius 1 is 1.44 bits per heavy atom. The van der Waals surface area contributed by atoms with Gasteiger partial charge in [-0.3, -0.25) is 0 Å². The predicted octanol–water partition coefficient (Wildman–Crippen LogP) is 2.90. The number of halogens is 1. The molecule has 0 spiro atoms. The van der Waals surface area contributed by atoms with Gasteiger partial charge in [0.25, 0.3) is 0 Å². The van der Waals surface area contributed by atoms with Gasteiger partial charge < -0.3 is 10.1 Å². The molecule has 0 aliphatic carbocycles. The maximum atomic E-state index is 13.7. The van der Waals surface area contributed by atoms with Crippen LogP contribution in [0.15, 0.2) is 24.3 Å². The Bertz CT molecular complexity index is 336. The first-order valence-corrected chi connectivity index (χ1v) is 5.56. The summed E-state index contributed by atoms with van der Waals surface area (Å²) >= 11 is 0. The Morgan fingerprint density at radius 2 is 2.06 bits per heavy atom. The van der Waals surface area contributed by atoms with Gasteiger partial charge in [0, 0.05) is 12.7 Å². The van der Waals surface area contributed by atoms with E-state index in [1.54, 1.807) is 19.2 Å². The molecule has 0 aliphatic heterocycles. The van der Waals surface area contributed by atoms with Gasteiger partial charge in [0.05, 0.1) is 11.6 Å². The van der Waals surface area contributed by atoms with Gasteiger partial charge in [-0.25, -0.2) is 4.39 Å². The summed E-state index contributed by atoms with van der Waals surface area (Å²) in [6, 6.07) is 6.66. The molecule has 2 unspecified atom stereocenters. The van der Waals surface area contributed by atoms with Crippen molar-refractivity contribution in [2.24, 2.45) is 0 Å². The van der Waals surface area contributed by atoms with E-state index in [1.807, 2.05) is 27.0 Å². The molecular formula is C13H20FNO. The number of ether oxygens (including phenoxy) is 1. The first kappa shape index (κ1) is 13.1. The molecule has 0 heterocycles. The zero-order valence-electron chi connectivity index (χ0n) is 10.4. The van der Waals surface area contributed by atoms with Crippen LogP contribution < -0.4 is 5.32 Å². The Balaban J connectivity index is 3.12. The van der Waals surface area contributed by atoms with Gasteiger partial charge in [0.1, 0.15) is 5.82 Å². The summed E-state index contributed by atoms with van der Waals surface area (Å²) in [6.07, 6.45) is 0.809. The van der Waals surface area contributed by atoms with E-state index in [-0.39, 0.29) is 11.9 Å². The highest BCUT2D eigenvalue weighted by atomic mass is 19.1. The molecule has 1 rings (SSSR count). The molecule has 0 bridgehead atoms. The largest absolute Gasteiger partial charge is 0.377 e. The molecule has 1 aromatic carbocycles. The van der Waals surface area contributed by atoms with Crippen LogP contribution in [0.4, 0.5) is 4.39 Å². The molecule has 0 aromatic heterocycles. The van der Waals surface area contributed by atoms with Crippen molar-refractivity contribution < 1.29 is 9.13 Å². The van der Waals surface area contributed by atoms with E-state index >= 15 is 0 Å². The average Bonchev–Trinajstić information content (AvgIpc) is 2.32. The van der Waals surface area contributed by atoms with E-state index in [2.05, 4.69) is 5.32 Å². The molecule has 2 atom stereocenters. The standard InChI is InChI=1S/C13H20FNO/c1-5-13(2,16-4)12(15-3)10-8-6-7-9-11(10)14/h6-9,12,15H,5H2,1-4H3. The first-order chi connectivity index (χ1) is 7.59. The van der Waals surface area contributed by atoms with Crippen LogP contribution in [0.3, 0.4) is 0 Å². The topological polar surface area (TPSA) is 21.3 Å². The summed E-state index contributed by atoms with van der Waals surface area (Å²) in [5, 5.41) is 3.14. The maximum absolute atomic E-state index is 13.7. The summed E-state index contributed by atoms with van der Waals surface area (Å²) in [5.41, 5.74) is 0.243. The molecule has 16 heavy (non-hydrogen) atoms. The normalized spacial score (nSPS) is 16.8. The molecule has 0 amide bonds. The molecule has 0 saturated carbocycles. The Hall–Kier alpha value is -0.930. The van der Waals surface area contributed by atoms with Crippen LogP contribution in [0, 0.1) is 5.82 Å². The number of hydrogen-bond acceptors (Lipinski definition) is 2. The smallest absolute Gasteiger partial charge is 0.128 e. The number of methoxy groups -OCH3 is 1. The van der Waals surface area contributed by atoms with Gasteiger partial charge in [0.15, 0.2) is 0 Å². The van der Waals surface area contributed by atoms with Gasteiger partial charge in [-0.1, -0.05) is 25.1 Å². The third-order valence-corrected chi connectivity index (χ3v) is 3.28. The minimum absolute atomic E-state index is 0.149. The lowest BCUT2D eigenvalue weighted by Gasteiger charge is -2.36. The monoisotopic (exact) mass is 225 g/mol. The summed E-state index contributed by atoms with van der Waals surface area (Å²) in [6.45, 7) is 4.02. The van der Waals surface area contributed by atoms with E-state index in [4.69, 9.17) is 4.74 Å². The first-order valence-electron chi connectivity index (χ1n) is 5.56. The fourth-order valence-corrected chi connectivity index (χ4v) is 1.97. The summed E-state index contributed by atoms with van der Waals surface area (Å²) in [5.74, 6) is -0.196. The third-order valence-electron chi connectivity index (χ3n) is 3.28. The fourth-order valence-electron chi connectivity index (χ4n) is 1.97. The zero-order chi connectivity index (χ0) is 12.2. The molecule has 0 aliphatic rings. The van der Waals surface area contributed by atoms with Crippen molar-refractivity contribution in [2.45, 2.75) is 31.9 Å². The zero-order valence-corrected chi connectivity index (χ0v) is 10.4. The second-order valence-corrected chi connectivity index (χ2v) is 4.11. The van der Waals surface area contributed by atoms with Crippen molar-refractivity contribution in [3.8, 4) is 0 Å². The second kappa shape index (κ2) is 5.41. The van der Waals surface area contributed by atoms with Crippen LogP contribution in [0.25, 0.3) is 0 Å². The summed E-state index contributed by atoms with van der Waals surface area (Å²) in [4.78, 5) is 0. The Kier molecular flexibility index (Phi) is 4.44. The average molecular weight is 225 g/mol. The van der Waals surface area contributed by atoms with E-state index in [0.717, 1.165) is 6.42 Å². The van der Waals surface area contributed by atoms with Gasteiger partial charge in [-0.15, -0.1) is 0 Å². The second-order valence-electron chi connectivity index (χ2n) is 4.11. The van der Waals surface area contributed by atoms with Crippen molar-refractivity contribution in [1.29, 1.82) is 0 Å². The lowest BCUT2D eigenvalue weighted by molar-refractivity contribution is -0.0289. The maximum Gasteiger partial charge on any atom is 0.128 e. The van der Waals surface area contributed by atoms with Crippen molar-refractivity contribution in [3.63, 3.8) is 0 Å². The lowest BCUT2D eigenvalue weighted by Crippen LogP contribution is -2.41. The number of hydrogen-bond donors (Lipinski definition) is 1. The molecule has 1 aromatic rings. The molecule has 2 nitrogen and oxygen atoms in total. The highest BCUT2D eigenvalue weighted by Gasteiger charge is 2.34. The number of likely N-dealkylation sites (N-methyl/N-ethyl adjacent to an activating group) is 1. The van der Waals surface area contributed by atoms with Gasteiger partial charge in [-0.2, -0.15) is 0 Å². The number of benzene rings is 1. The molecule has 1 N–H and O–H groups in total. The molecule has 0 saturated heterocycles. The van der Waals surface area contributed by atoms with Crippen molar-refractivity contribution in [1.82, 2.24) is 5.32 Å². The number of nitrogens with one attached hydrogen (secondary N) is 1. The molecule has 90 valence electrons. The van der Waals surface area contributed by atoms with Crippen LogP contribution >= 0.6 is 0 Å². The predicted molar refractivity (Wildman–Crippen MR) is 63.9 cm³/mol. The fraction of sp³-hybridized carbons (Fsp3) is 0.538. The SMILES string of the molecule is CCC(C)(OC)C(NC)c1ccccc1F. The van der Waals surface area contributed by atoms with Crippen LogP contribution in [0.5, 0.6) is 0 Å². The van der Waals surface area contributed by atoms with E-state index in [1.165, 1.54) is 6.07 Å². The lowest BCUT2D eigenvalue weighted by atomic mass is 9.87. The highest BCUT2D eigenvalue weighted by Crippen LogP contribution is 2.32. The highest BCUT2D eigenvalue weighted by molar-refractivity contribution is 5.24. The Morgan fingerprint density at radius 3 is 2.50 bits per heavy atom. The van der Waals surface area contributed by atoms with E-state index in [9.17, 15) is 4.39 Å². The molecular weight excluding hydrogens is 205 g/mol. The molecule has 0 fully saturated rings. The van der Waals surface area contributed by atoms with E-state index < -0.39 is 5.60 Å².